The molecule has 5 N–H and O–H groups in total. The highest BCUT2D eigenvalue weighted by Crippen LogP contribution is 2.26. The largest absolute Gasteiger partial charge is 0.391 e. The number of likely N-dealkylation sites (tertiary alicyclic amines) is 1. The first-order valence-electron chi connectivity index (χ1n) is 9.63. The summed E-state index contributed by atoms with van der Waals surface area (Å²) in [7, 11) is 0. The number of carbonyl (C=O) groups excluding carboxylic acids is 1. The minimum atomic E-state index is -0.528. The number of carbonyl (C=O) groups is 1. The highest BCUT2D eigenvalue weighted by Gasteiger charge is 2.25. The summed E-state index contributed by atoms with van der Waals surface area (Å²) >= 11 is 0. The van der Waals surface area contributed by atoms with Crippen LogP contribution in [0.4, 0.5) is 17.5 Å². The van der Waals surface area contributed by atoms with Crippen LogP contribution < -0.4 is 16.4 Å². The molecule has 2 heterocycles. The molecule has 2 fully saturated rings. The van der Waals surface area contributed by atoms with Gasteiger partial charge in [0.2, 0.25) is 17.7 Å². The van der Waals surface area contributed by atoms with E-state index in [9.17, 15) is 20.0 Å². The summed E-state index contributed by atoms with van der Waals surface area (Å²) in [5.74, 6) is 0.508. The molecule has 0 unspecified atom stereocenters. The predicted octanol–water partition coefficient (Wildman–Crippen LogP) is 0.319. The molecule has 1 atom stereocenters. The maximum atomic E-state index is 12.1. The summed E-state index contributed by atoms with van der Waals surface area (Å²) in [4.78, 5) is 32.6. The number of hydrogen-bond donors (Lipinski definition) is 4. The lowest BCUT2D eigenvalue weighted by Gasteiger charge is -2.26. The van der Waals surface area contributed by atoms with E-state index in [1.807, 2.05) is 0 Å². The molecule has 1 saturated heterocycles. The first kappa shape index (κ1) is 20.2. The standard InChI is InChI=1S/C17H27N7O4/c18-12-3-1-11(2-4-12)7-19-16-14(24(27)28)8-20-17(22-16)21-9-15(26)23-6-5-13(25)10-23/h8,11-13,25H,1-7,9-10,18H2,(H2,19,20,21,22)/t11-,12-,13-/m0/s1. The molecule has 1 aromatic rings. The molecule has 1 aliphatic carbocycles. The van der Waals surface area contributed by atoms with Crippen molar-refractivity contribution in [2.24, 2.45) is 11.7 Å². The molecule has 0 radical (unpaired) electrons. The number of rotatable bonds is 7. The lowest BCUT2D eigenvalue weighted by Crippen LogP contribution is -2.34. The lowest BCUT2D eigenvalue weighted by atomic mass is 9.86. The summed E-state index contributed by atoms with van der Waals surface area (Å²) in [6.07, 6.45) is 5.10. The second-order valence-electron chi connectivity index (χ2n) is 7.48. The van der Waals surface area contributed by atoms with Crippen molar-refractivity contribution in [2.75, 3.05) is 36.8 Å². The van der Waals surface area contributed by atoms with Crippen molar-refractivity contribution >= 4 is 23.4 Å². The van der Waals surface area contributed by atoms with Gasteiger partial charge in [-0.2, -0.15) is 4.98 Å². The second kappa shape index (κ2) is 9.11. The number of anilines is 2. The van der Waals surface area contributed by atoms with Gasteiger partial charge in [0.1, 0.15) is 6.20 Å². The molecule has 0 aromatic carbocycles. The Balaban J connectivity index is 1.59. The highest BCUT2D eigenvalue weighted by molar-refractivity contribution is 5.80. The van der Waals surface area contributed by atoms with Crippen molar-refractivity contribution in [2.45, 2.75) is 44.2 Å². The second-order valence-corrected chi connectivity index (χ2v) is 7.48. The molecular weight excluding hydrogens is 366 g/mol. The van der Waals surface area contributed by atoms with Crippen LogP contribution in [0.5, 0.6) is 0 Å². The van der Waals surface area contributed by atoms with Crippen LogP contribution in [-0.2, 0) is 4.79 Å². The Morgan fingerprint density at radius 2 is 2.07 bits per heavy atom. The van der Waals surface area contributed by atoms with Gasteiger partial charge in [0, 0.05) is 25.7 Å². The molecule has 1 amide bonds. The molecule has 0 spiro atoms. The fourth-order valence-corrected chi connectivity index (χ4v) is 3.59. The number of aliphatic hydroxyl groups excluding tert-OH is 1. The zero-order chi connectivity index (χ0) is 20.1. The van der Waals surface area contributed by atoms with Crippen molar-refractivity contribution in [1.29, 1.82) is 0 Å². The Labute approximate surface area is 162 Å². The quantitative estimate of drug-likeness (QED) is 0.378. The zero-order valence-corrected chi connectivity index (χ0v) is 15.7. The lowest BCUT2D eigenvalue weighted by molar-refractivity contribution is -0.384. The first-order valence-corrected chi connectivity index (χ1v) is 9.63. The Bertz CT molecular complexity index is 709. The third kappa shape index (κ3) is 5.26. The van der Waals surface area contributed by atoms with Gasteiger partial charge in [0.05, 0.1) is 17.6 Å². The monoisotopic (exact) mass is 393 g/mol. The first-order chi connectivity index (χ1) is 13.4. The topological polar surface area (TPSA) is 160 Å². The van der Waals surface area contributed by atoms with E-state index in [1.54, 1.807) is 4.90 Å². The molecule has 0 bridgehead atoms. The fraction of sp³-hybridized carbons (Fsp3) is 0.706. The SMILES string of the molecule is N[C@H]1CC[C@H](CNc2nc(NCC(=O)N3CC[C@H](O)C3)ncc2[N+](=O)[O-])CC1. The van der Waals surface area contributed by atoms with Crippen LogP contribution in [-0.4, -0.2) is 69.1 Å². The molecule has 1 saturated carbocycles. The summed E-state index contributed by atoms with van der Waals surface area (Å²) in [6.45, 7) is 1.37. The minimum absolute atomic E-state index is 0.0372. The van der Waals surface area contributed by atoms with Gasteiger partial charge in [-0.1, -0.05) is 0 Å². The van der Waals surface area contributed by atoms with Crippen molar-refractivity contribution in [1.82, 2.24) is 14.9 Å². The van der Waals surface area contributed by atoms with Gasteiger partial charge in [0.25, 0.3) is 0 Å². The van der Waals surface area contributed by atoms with Gasteiger partial charge in [-0.05, 0) is 38.0 Å². The minimum Gasteiger partial charge on any atom is -0.391 e. The van der Waals surface area contributed by atoms with E-state index in [2.05, 4.69) is 20.6 Å². The number of amides is 1. The molecule has 154 valence electrons. The van der Waals surface area contributed by atoms with Crippen LogP contribution >= 0.6 is 0 Å². The Kier molecular flexibility index (Phi) is 6.57. The van der Waals surface area contributed by atoms with E-state index >= 15 is 0 Å². The summed E-state index contributed by atoms with van der Waals surface area (Å²) < 4.78 is 0. The number of β-amino-alcohol motifs (C(OH)–C–C–N with tert-alkyl or cyclic N) is 1. The van der Waals surface area contributed by atoms with E-state index in [1.165, 1.54) is 0 Å². The molecule has 11 nitrogen and oxygen atoms in total. The fourth-order valence-electron chi connectivity index (χ4n) is 3.59. The number of aliphatic hydroxyl groups is 1. The van der Waals surface area contributed by atoms with Crippen LogP contribution in [0.15, 0.2) is 6.20 Å². The zero-order valence-electron chi connectivity index (χ0n) is 15.7. The van der Waals surface area contributed by atoms with E-state index < -0.39 is 11.0 Å². The number of nitrogens with zero attached hydrogens (tertiary/aromatic N) is 4. The average molecular weight is 393 g/mol. The van der Waals surface area contributed by atoms with Gasteiger partial charge < -0.3 is 26.4 Å². The summed E-state index contributed by atoms with van der Waals surface area (Å²) in [6, 6.07) is 0.245. The number of nitro groups is 1. The molecular formula is C17H27N7O4. The van der Waals surface area contributed by atoms with Gasteiger partial charge in [0.15, 0.2) is 0 Å². The molecule has 1 aliphatic heterocycles. The Hall–Kier alpha value is -2.53. The number of nitrogens with two attached hydrogens (primary N) is 1. The normalized spacial score (nSPS) is 24.8. The van der Waals surface area contributed by atoms with Crippen molar-refractivity contribution < 1.29 is 14.8 Å². The van der Waals surface area contributed by atoms with Gasteiger partial charge in [-0.3, -0.25) is 14.9 Å². The summed E-state index contributed by atoms with van der Waals surface area (Å²) in [5.41, 5.74) is 5.71. The average Bonchev–Trinajstić information content (AvgIpc) is 3.12. The van der Waals surface area contributed by atoms with E-state index in [0.717, 1.165) is 31.9 Å². The maximum Gasteiger partial charge on any atom is 0.329 e. The van der Waals surface area contributed by atoms with Crippen LogP contribution in [0.25, 0.3) is 0 Å². The van der Waals surface area contributed by atoms with Crippen LogP contribution in [0, 0.1) is 16.0 Å². The number of nitrogens with one attached hydrogen (secondary N) is 2. The molecule has 2 aliphatic rings. The molecule has 1 aromatic heterocycles. The van der Waals surface area contributed by atoms with Crippen molar-refractivity contribution in [3.8, 4) is 0 Å². The van der Waals surface area contributed by atoms with Gasteiger partial charge in [-0.25, -0.2) is 4.98 Å². The highest BCUT2D eigenvalue weighted by atomic mass is 16.6. The third-order valence-electron chi connectivity index (χ3n) is 5.33. The van der Waals surface area contributed by atoms with Crippen molar-refractivity contribution in [3.63, 3.8) is 0 Å². The van der Waals surface area contributed by atoms with Crippen LogP contribution in [0.3, 0.4) is 0 Å². The smallest absolute Gasteiger partial charge is 0.329 e. The molecule has 11 heteroatoms. The Morgan fingerprint density at radius 1 is 1.32 bits per heavy atom. The molecule has 3 rings (SSSR count). The van der Waals surface area contributed by atoms with Gasteiger partial charge >= 0.3 is 5.69 Å². The van der Waals surface area contributed by atoms with E-state index in [0.29, 0.717) is 32.0 Å². The summed E-state index contributed by atoms with van der Waals surface area (Å²) in [5, 5.41) is 26.7. The molecule has 28 heavy (non-hydrogen) atoms. The third-order valence-corrected chi connectivity index (χ3v) is 5.33. The predicted molar refractivity (Wildman–Crippen MR) is 103 cm³/mol. The maximum absolute atomic E-state index is 12.1. The van der Waals surface area contributed by atoms with E-state index in [-0.39, 0.29) is 35.9 Å². The number of hydrogen-bond acceptors (Lipinski definition) is 9. The van der Waals surface area contributed by atoms with Gasteiger partial charge in [-0.15, -0.1) is 0 Å². The Morgan fingerprint density at radius 3 is 2.71 bits per heavy atom. The van der Waals surface area contributed by atoms with Crippen molar-refractivity contribution in [3.05, 3.63) is 16.3 Å². The number of aromatic nitrogens is 2. The van der Waals surface area contributed by atoms with E-state index in [4.69, 9.17) is 5.73 Å². The van der Waals surface area contributed by atoms with Crippen LogP contribution in [0.2, 0.25) is 0 Å². The van der Waals surface area contributed by atoms with Crippen LogP contribution in [0.1, 0.15) is 32.1 Å².